The van der Waals surface area contributed by atoms with Crippen LogP contribution in [-0.4, -0.2) is 29.6 Å². The molecule has 0 bridgehead atoms. The maximum Gasteiger partial charge on any atom is 0.134 e. The van der Waals surface area contributed by atoms with Gasteiger partial charge >= 0.3 is 0 Å². The monoisotopic (exact) mass is 276 g/mol. The van der Waals surface area contributed by atoms with Crippen molar-refractivity contribution >= 4 is 11.6 Å². The number of rotatable bonds is 6. The number of hydrogen-bond donors (Lipinski definition) is 1. The lowest BCUT2D eigenvalue weighted by molar-refractivity contribution is 0.377. The Kier molecular flexibility index (Phi) is 5.62. The van der Waals surface area contributed by atoms with Gasteiger partial charge in [-0.25, -0.2) is 9.97 Å². The summed E-state index contributed by atoms with van der Waals surface area (Å²) in [5.41, 5.74) is 0. The van der Waals surface area contributed by atoms with Gasteiger partial charge in [-0.3, -0.25) is 0 Å². The second-order valence-corrected chi connectivity index (χ2v) is 5.63. The molecule has 0 radical (unpaired) electrons. The largest absolute Gasteiger partial charge is 0.370 e. The molecule has 1 aromatic heterocycles. The number of aromatic nitrogens is 2. The summed E-state index contributed by atoms with van der Waals surface area (Å²) < 4.78 is 0. The van der Waals surface area contributed by atoms with Crippen LogP contribution in [0.3, 0.4) is 0 Å². The SMILES string of the molecule is CCCC1CCN(c2cc(NCC)nc(CC)n2)CC1. The van der Waals surface area contributed by atoms with Crippen LogP contribution in [0.25, 0.3) is 0 Å². The molecule has 1 saturated heterocycles. The van der Waals surface area contributed by atoms with Gasteiger partial charge < -0.3 is 10.2 Å². The molecule has 2 rings (SSSR count). The zero-order valence-electron chi connectivity index (χ0n) is 13.2. The van der Waals surface area contributed by atoms with Crippen LogP contribution < -0.4 is 10.2 Å². The first kappa shape index (κ1) is 15.1. The number of nitrogens with one attached hydrogen (secondary N) is 1. The topological polar surface area (TPSA) is 41.0 Å². The minimum absolute atomic E-state index is 0.887. The van der Waals surface area contributed by atoms with Crippen molar-refractivity contribution in [3.05, 3.63) is 11.9 Å². The van der Waals surface area contributed by atoms with E-state index in [9.17, 15) is 0 Å². The maximum atomic E-state index is 4.70. The summed E-state index contributed by atoms with van der Waals surface area (Å²) in [6.07, 6.45) is 6.17. The normalized spacial score (nSPS) is 16.4. The van der Waals surface area contributed by atoms with Crippen molar-refractivity contribution < 1.29 is 0 Å². The molecule has 4 heteroatoms. The summed E-state index contributed by atoms with van der Waals surface area (Å²) in [6.45, 7) is 9.67. The number of piperidine rings is 1. The molecule has 1 fully saturated rings. The lowest BCUT2D eigenvalue weighted by atomic mass is 9.92. The molecular weight excluding hydrogens is 248 g/mol. The van der Waals surface area contributed by atoms with E-state index in [0.717, 1.165) is 49.4 Å². The Hall–Kier alpha value is -1.32. The minimum Gasteiger partial charge on any atom is -0.370 e. The van der Waals surface area contributed by atoms with E-state index in [1.807, 2.05) is 0 Å². The second-order valence-electron chi connectivity index (χ2n) is 5.63. The number of hydrogen-bond acceptors (Lipinski definition) is 4. The summed E-state index contributed by atoms with van der Waals surface area (Å²) in [5.74, 6) is 3.92. The quantitative estimate of drug-likeness (QED) is 0.863. The third kappa shape index (κ3) is 3.84. The highest BCUT2D eigenvalue weighted by atomic mass is 15.2. The highest BCUT2D eigenvalue weighted by Gasteiger charge is 2.20. The Morgan fingerprint density at radius 2 is 1.95 bits per heavy atom. The maximum absolute atomic E-state index is 4.70. The van der Waals surface area contributed by atoms with Crippen molar-refractivity contribution in [2.45, 2.75) is 52.9 Å². The van der Waals surface area contributed by atoms with Crippen LogP contribution in [0.15, 0.2) is 6.07 Å². The van der Waals surface area contributed by atoms with Crippen LogP contribution in [-0.2, 0) is 6.42 Å². The average Bonchev–Trinajstić information content (AvgIpc) is 2.48. The number of aryl methyl sites for hydroxylation is 1. The predicted octanol–water partition coefficient (Wildman–Crippen LogP) is 3.49. The van der Waals surface area contributed by atoms with Gasteiger partial charge in [0, 0.05) is 32.1 Å². The first-order valence-electron chi connectivity index (χ1n) is 8.13. The fourth-order valence-electron chi connectivity index (χ4n) is 2.93. The van der Waals surface area contributed by atoms with E-state index in [-0.39, 0.29) is 0 Å². The first-order valence-corrected chi connectivity index (χ1v) is 8.13. The van der Waals surface area contributed by atoms with Gasteiger partial charge in [-0.2, -0.15) is 0 Å². The fourth-order valence-corrected chi connectivity index (χ4v) is 2.93. The molecule has 1 aromatic rings. The van der Waals surface area contributed by atoms with Gasteiger partial charge in [-0.05, 0) is 25.7 Å². The summed E-state index contributed by atoms with van der Waals surface area (Å²) in [5, 5.41) is 3.31. The Morgan fingerprint density at radius 3 is 2.55 bits per heavy atom. The molecule has 0 amide bonds. The van der Waals surface area contributed by atoms with Gasteiger partial charge in [0.1, 0.15) is 17.5 Å². The van der Waals surface area contributed by atoms with Crippen LogP contribution in [0.4, 0.5) is 11.6 Å². The molecule has 1 aliphatic rings. The third-order valence-electron chi connectivity index (χ3n) is 4.07. The van der Waals surface area contributed by atoms with Crippen molar-refractivity contribution in [3.63, 3.8) is 0 Å². The van der Waals surface area contributed by atoms with Gasteiger partial charge in [-0.15, -0.1) is 0 Å². The molecule has 20 heavy (non-hydrogen) atoms. The Balaban J connectivity index is 2.06. The second kappa shape index (κ2) is 7.46. The van der Waals surface area contributed by atoms with Crippen LogP contribution in [0.5, 0.6) is 0 Å². The van der Waals surface area contributed by atoms with Gasteiger partial charge in [0.25, 0.3) is 0 Å². The van der Waals surface area contributed by atoms with Crippen LogP contribution in [0.2, 0.25) is 0 Å². The molecule has 0 spiro atoms. The molecule has 0 aliphatic carbocycles. The van der Waals surface area contributed by atoms with Crippen molar-refractivity contribution in [1.29, 1.82) is 0 Å². The molecule has 1 N–H and O–H groups in total. The van der Waals surface area contributed by atoms with Crippen LogP contribution >= 0.6 is 0 Å². The number of nitrogens with zero attached hydrogens (tertiary/aromatic N) is 3. The lowest BCUT2D eigenvalue weighted by Crippen LogP contribution is -2.34. The highest BCUT2D eigenvalue weighted by molar-refractivity contribution is 5.49. The van der Waals surface area contributed by atoms with Gasteiger partial charge in [0.2, 0.25) is 0 Å². The van der Waals surface area contributed by atoms with Crippen molar-refractivity contribution in [3.8, 4) is 0 Å². The third-order valence-corrected chi connectivity index (χ3v) is 4.07. The predicted molar refractivity (Wildman–Crippen MR) is 85.4 cm³/mol. The summed E-state index contributed by atoms with van der Waals surface area (Å²) >= 11 is 0. The Labute approximate surface area is 123 Å². The minimum atomic E-state index is 0.887. The average molecular weight is 276 g/mol. The van der Waals surface area contributed by atoms with E-state index < -0.39 is 0 Å². The van der Waals surface area contributed by atoms with E-state index >= 15 is 0 Å². The molecule has 112 valence electrons. The number of anilines is 2. The van der Waals surface area contributed by atoms with E-state index in [4.69, 9.17) is 4.98 Å². The lowest BCUT2D eigenvalue weighted by Gasteiger charge is -2.33. The molecular formula is C16H28N4. The van der Waals surface area contributed by atoms with Crippen molar-refractivity contribution in [1.82, 2.24) is 9.97 Å². The molecule has 2 heterocycles. The molecule has 4 nitrogen and oxygen atoms in total. The van der Waals surface area contributed by atoms with Crippen LogP contribution in [0.1, 0.15) is 52.3 Å². The molecule has 0 atom stereocenters. The van der Waals surface area contributed by atoms with E-state index in [1.54, 1.807) is 0 Å². The summed E-state index contributed by atoms with van der Waals surface area (Å²) in [4.78, 5) is 11.7. The Morgan fingerprint density at radius 1 is 1.20 bits per heavy atom. The Bertz CT molecular complexity index is 411. The molecule has 0 aromatic carbocycles. The van der Waals surface area contributed by atoms with E-state index in [0.29, 0.717) is 0 Å². The van der Waals surface area contributed by atoms with Crippen molar-refractivity contribution in [2.75, 3.05) is 29.9 Å². The zero-order valence-corrected chi connectivity index (χ0v) is 13.2. The van der Waals surface area contributed by atoms with Crippen LogP contribution in [0, 0.1) is 5.92 Å². The first-order chi connectivity index (χ1) is 9.76. The smallest absolute Gasteiger partial charge is 0.134 e. The van der Waals surface area contributed by atoms with Gasteiger partial charge in [-0.1, -0.05) is 26.7 Å². The van der Waals surface area contributed by atoms with Gasteiger partial charge in [0.05, 0.1) is 0 Å². The van der Waals surface area contributed by atoms with E-state index in [1.165, 1.54) is 25.7 Å². The standard InChI is InChI=1S/C16H28N4/c1-4-7-13-8-10-20(11-9-13)16-12-15(17-6-3)18-14(5-2)19-16/h12-13H,4-11H2,1-3H3,(H,17,18,19). The molecule has 0 unspecified atom stereocenters. The molecule has 1 aliphatic heterocycles. The molecule has 0 saturated carbocycles. The highest BCUT2D eigenvalue weighted by Crippen LogP contribution is 2.26. The fraction of sp³-hybridized carbons (Fsp3) is 0.750. The van der Waals surface area contributed by atoms with Crippen molar-refractivity contribution in [2.24, 2.45) is 5.92 Å². The van der Waals surface area contributed by atoms with Gasteiger partial charge in [0.15, 0.2) is 0 Å². The summed E-state index contributed by atoms with van der Waals surface area (Å²) in [7, 11) is 0. The zero-order chi connectivity index (χ0) is 14.4. The summed E-state index contributed by atoms with van der Waals surface area (Å²) in [6, 6.07) is 2.10. The van der Waals surface area contributed by atoms with E-state index in [2.05, 4.69) is 42.0 Å².